The zero-order valence-electron chi connectivity index (χ0n) is 13.6. The van der Waals surface area contributed by atoms with Crippen molar-refractivity contribution in [1.82, 2.24) is 0 Å². The zero-order chi connectivity index (χ0) is 19.1. The lowest BCUT2D eigenvalue weighted by Crippen LogP contribution is -2.24. The summed E-state index contributed by atoms with van der Waals surface area (Å²) in [6, 6.07) is 8.09. The topological polar surface area (TPSA) is 73.9 Å². The first-order chi connectivity index (χ1) is 12.4. The number of carbonyl (C=O) groups excluding carboxylic acids is 2. The second-order valence-electron chi connectivity index (χ2n) is 4.87. The molecule has 0 aliphatic carbocycles. The molecule has 0 radical (unpaired) electrons. The Hall–Kier alpha value is -3.23. The number of hydrogen-bond acceptors (Lipinski definition) is 5. The fraction of sp³-hybridized carbons (Fsp3) is 0.176. The predicted octanol–water partition coefficient (Wildman–Crippen LogP) is 2.67. The van der Waals surface area contributed by atoms with Gasteiger partial charge in [-0.2, -0.15) is 0 Å². The van der Waals surface area contributed by atoms with Crippen LogP contribution in [0.2, 0.25) is 0 Å². The number of halogens is 3. The lowest BCUT2D eigenvalue weighted by atomic mass is 10.3. The molecule has 0 aromatic heterocycles. The molecule has 0 saturated carbocycles. The molecule has 9 heteroatoms. The van der Waals surface area contributed by atoms with Gasteiger partial charge in [-0.05, 0) is 24.3 Å². The van der Waals surface area contributed by atoms with Gasteiger partial charge in [-0.3, -0.25) is 4.79 Å². The van der Waals surface area contributed by atoms with Gasteiger partial charge in [0.15, 0.2) is 42.2 Å². The predicted molar refractivity (Wildman–Crippen MR) is 84.4 cm³/mol. The summed E-state index contributed by atoms with van der Waals surface area (Å²) in [6.07, 6.45) is 0. The highest BCUT2D eigenvalue weighted by atomic mass is 19.2. The van der Waals surface area contributed by atoms with Crippen molar-refractivity contribution in [2.75, 3.05) is 25.6 Å². The van der Waals surface area contributed by atoms with Gasteiger partial charge in [0.2, 0.25) is 0 Å². The van der Waals surface area contributed by atoms with Gasteiger partial charge in [0, 0.05) is 0 Å². The van der Waals surface area contributed by atoms with Crippen LogP contribution < -0.4 is 14.8 Å². The second-order valence-corrected chi connectivity index (χ2v) is 4.87. The molecule has 26 heavy (non-hydrogen) atoms. The van der Waals surface area contributed by atoms with Gasteiger partial charge >= 0.3 is 5.97 Å². The number of anilines is 1. The molecule has 0 saturated heterocycles. The second kappa shape index (κ2) is 8.75. The number of nitrogens with one attached hydrogen (secondary N) is 1. The molecule has 1 N–H and O–H groups in total. The summed E-state index contributed by atoms with van der Waals surface area (Å²) in [7, 11) is 1.43. The van der Waals surface area contributed by atoms with Crippen LogP contribution in [0.25, 0.3) is 0 Å². The standard InChI is InChI=1S/C17H14F3NO5/c1-24-12-4-2-3-5-13(12)25-9-15(23)26-8-14(22)21-11-7-6-10(18)16(19)17(11)20/h2-7H,8-9H2,1H3,(H,21,22). The SMILES string of the molecule is COc1ccccc1OCC(=O)OCC(=O)Nc1ccc(F)c(F)c1F. The number of amides is 1. The van der Waals surface area contributed by atoms with E-state index in [1.165, 1.54) is 7.11 Å². The molecule has 2 rings (SSSR count). The van der Waals surface area contributed by atoms with E-state index >= 15 is 0 Å². The number of methoxy groups -OCH3 is 1. The van der Waals surface area contributed by atoms with E-state index in [2.05, 4.69) is 4.74 Å². The number of carbonyl (C=O) groups is 2. The van der Waals surface area contributed by atoms with E-state index in [9.17, 15) is 22.8 Å². The number of ether oxygens (including phenoxy) is 3. The molecule has 0 aliphatic heterocycles. The van der Waals surface area contributed by atoms with Gasteiger partial charge in [0.05, 0.1) is 12.8 Å². The molecule has 0 heterocycles. The van der Waals surface area contributed by atoms with Crippen molar-refractivity contribution in [1.29, 1.82) is 0 Å². The van der Waals surface area contributed by atoms with Crippen molar-refractivity contribution in [3.63, 3.8) is 0 Å². The van der Waals surface area contributed by atoms with Crippen LogP contribution in [0.1, 0.15) is 0 Å². The third kappa shape index (κ3) is 4.88. The number of rotatable bonds is 7. The minimum absolute atomic E-state index is 0.306. The lowest BCUT2D eigenvalue weighted by molar-refractivity contribution is -0.149. The monoisotopic (exact) mass is 369 g/mol. The van der Waals surface area contributed by atoms with Gasteiger partial charge in [0.25, 0.3) is 5.91 Å². The molecule has 0 fully saturated rings. The van der Waals surface area contributed by atoms with Crippen molar-refractivity contribution in [2.24, 2.45) is 0 Å². The molecule has 0 unspecified atom stereocenters. The normalized spacial score (nSPS) is 10.2. The summed E-state index contributed by atoms with van der Waals surface area (Å²) in [5.74, 6) is -5.74. The average molecular weight is 369 g/mol. The molecule has 2 aromatic carbocycles. The minimum atomic E-state index is -1.72. The van der Waals surface area contributed by atoms with Crippen LogP contribution in [-0.4, -0.2) is 32.2 Å². The molecule has 1 amide bonds. The third-order valence-electron chi connectivity index (χ3n) is 3.09. The fourth-order valence-corrected chi connectivity index (χ4v) is 1.87. The van der Waals surface area contributed by atoms with E-state index < -0.39 is 48.2 Å². The first-order valence-electron chi connectivity index (χ1n) is 7.27. The van der Waals surface area contributed by atoms with E-state index in [4.69, 9.17) is 9.47 Å². The van der Waals surface area contributed by atoms with Gasteiger partial charge in [-0.1, -0.05) is 12.1 Å². The number of para-hydroxylation sites is 2. The van der Waals surface area contributed by atoms with E-state index in [-0.39, 0.29) is 0 Å². The van der Waals surface area contributed by atoms with Crippen LogP contribution in [0.5, 0.6) is 11.5 Å². The Bertz CT molecular complexity index is 813. The first-order valence-corrected chi connectivity index (χ1v) is 7.27. The summed E-state index contributed by atoms with van der Waals surface area (Å²) >= 11 is 0. The first kappa shape index (κ1) is 19.1. The highest BCUT2D eigenvalue weighted by Crippen LogP contribution is 2.25. The maximum Gasteiger partial charge on any atom is 0.344 e. The Balaban J connectivity index is 1.82. The molecule has 0 spiro atoms. The van der Waals surface area contributed by atoms with Gasteiger partial charge in [-0.15, -0.1) is 0 Å². The Labute approximate surface area is 146 Å². The average Bonchev–Trinajstić information content (AvgIpc) is 2.65. The van der Waals surface area contributed by atoms with E-state index in [1.807, 2.05) is 5.32 Å². The van der Waals surface area contributed by atoms with Crippen LogP contribution in [-0.2, 0) is 14.3 Å². The van der Waals surface area contributed by atoms with Crippen LogP contribution >= 0.6 is 0 Å². The minimum Gasteiger partial charge on any atom is -0.493 e. The molecular weight excluding hydrogens is 355 g/mol. The highest BCUT2D eigenvalue weighted by Gasteiger charge is 2.16. The highest BCUT2D eigenvalue weighted by molar-refractivity contribution is 5.93. The molecule has 138 valence electrons. The maximum absolute atomic E-state index is 13.4. The lowest BCUT2D eigenvalue weighted by Gasteiger charge is -2.10. The van der Waals surface area contributed by atoms with Crippen LogP contribution in [0.3, 0.4) is 0 Å². The van der Waals surface area contributed by atoms with Crippen LogP contribution in [0.15, 0.2) is 36.4 Å². The van der Waals surface area contributed by atoms with Crippen molar-refractivity contribution in [2.45, 2.75) is 0 Å². The van der Waals surface area contributed by atoms with E-state index in [0.717, 1.165) is 6.07 Å². The van der Waals surface area contributed by atoms with Gasteiger partial charge in [0.1, 0.15) is 0 Å². The molecule has 0 bridgehead atoms. The van der Waals surface area contributed by atoms with Crippen molar-refractivity contribution < 1.29 is 37.0 Å². The smallest absolute Gasteiger partial charge is 0.344 e. The Morgan fingerprint density at radius 2 is 1.65 bits per heavy atom. The van der Waals surface area contributed by atoms with E-state index in [1.54, 1.807) is 24.3 Å². The number of benzene rings is 2. The third-order valence-corrected chi connectivity index (χ3v) is 3.09. The summed E-state index contributed by atoms with van der Waals surface area (Å²) < 4.78 is 54.2. The van der Waals surface area contributed by atoms with Gasteiger partial charge < -0.3 is 19.5 Å². The number of esters is 1. The summed E-state index contributed by atoms with van der Waals surface area (Å²) in [6.45, 7) is -1.25. The van der Waals surface area contributed by atoms with Crippen LogP contribution in [0.4, 0.5) is 18.9 Å². The quantitative estimate of drug-likeness (QED) is 0.600. The zero-order valence-corrected chi connectivity index (χ0v) is 13.6. The van der Waals surface area contributed by atoms with E-state index in [0.29, 0.717) is 17.6 Å². The Morgan fingerprint density at radius 3 is 2.35 bits per heavy atom. The summed E-state index contributed by atoms with van der Waals surface area (Å²) in [5, 5.41) is 1.97. The molecule has 0 aliphatic rings. The molecule has 0 atom stereocenters. The fourth-order valence-electron chi connectivity index (χ4n) is 1.87. The van der Waals surface area contributed by atoms with Gasteiger partial charge in [-0.25, -0.2) is 18.0 Å². The maximum atomic E-state index is 13.4. The molecular formula is C17H14F3NO5. The Kier molecular flexibility index (Phi) is 6.42. The van der Waals surface area contributed by atoms with Crippen molar-refractivity contribution >= 4 is 17.6 Å². The molecule has 2 aromatic rings. The van der Waals surface area contributed by atoms with Crippen molar-refractivity contribution in [3.8, 4) is 11.5 Å². The summed E-state index contributed by atoms with van der Waals surface area (Å²) in [5.41, 5.74) is -0.574. The molecule has 6 nitrogen and oxygen atoms in total. The summed E-state index contributed by atoms with van der Waals surface area (Å²) in [4.78, 5) is 23.2. The van der Waals surface area contributed by atoms with Crippen molar-refractivity contribution in [3.05, 3.63) is 53.8 Å². The Morgan fingerprint density at radius 1 is 0.962 bits per heavy atom. The number of hydrogen-bond donors (Lipinski definition) is 1. The van der Waals surface area contributed by atoms with Crippen LogP contribution in [0, 0.1) is 17.5 Å². The largest absolute Gasteiger partial charge is 0.493 e.